The number of hydrogen-bond donors (Lipinski definition) is 3. The highest BCUT2D eigenvalue weighted by molar-refractivity contribution is 5.68. The predicted octanol–water partition coefficient (Wildman–Crippen LogP) is 2.23. The van der Waals surface area contributed by atoms with E-state index in [1.165, 1.54) is 12.1 Å². The lowest BCUT2D eigenvalue weighted by molar-refractivity contribution is -0.384. The van der Waals surface area contributed by atoms with Gasteiger partial charge in [-0.05, 0) is 45.7 Å². The summed E-state index contributed by atoms with van der Waals surface area (Å²) in [5.41, 5.74) is 0.818. The molecule has 0 spiro atoms. The number of amides is 1. The number of carbonyl (C=O) groups excluding carboxylic acids is 1. The number of likely N-dealkylation sites (tertiary alicyclic amines) is 1. The molecule has 2 atom stereocenters. The smallest absolute Gasteiger partial charge is 0.407 e. The molecule has 9 heteroatoms. The van der Waals surface area contributed by atoms with Gasteiger partial charge in [0.1, 0.15) is 11.8 Å². The van der Waals surface area contributed by atoms with Gasteiger partial charge in [0, 0.05) is 43.5 Å². The summed E-state index contributed by atoms with van der Waals surface area (Å²) in [4.78, 5) is 24.2. The zero-order valence-corrected chi connectivity index (χ0v) is 16.2. The quantitative estimate of drug-likeness (QED) is 0.393. The fraction of sp³-hybridized carbons (Fsp3) is 0.611. The van der Waals surface area contributed by atoms with E-state index in [0.717, 1.165) is 13.0 Å². The molecule has 0 radical (unpaired) electrons. The number of hydrogen-bond acceptors (Lipinski definition) is 7. The van der Waals surface area contributed by atoms with E-state index >= 15 is 0 Å². The van der Waals surface area contributed by atoms with E-state index in [9.17, 15) is 20.0 Å². The maximum absolute atomic E-state index is 11.8. The summed E-state index contributed by atoms with van der Waals surface area (Å²) in [6.07, 6.45) is -0.484. The van der Waals surface area contributed by atoms with Gasteiger partial charge < -0.3 is 20.5 Å². The third kappa shape index (κ3) is 6.69. The van der Waals surface area contributed by atoms with Crippen LogP contribution in [0.4, 0.5) is 16.2 Å². The van der Waals surface area contributed by atoms with Crippen LogP contribution >= 0.6 is 0 Å². The normalized spacial score (nSPS) is 18.8. The minimum absolute atomic E-state index is 0.0168. The van der Waals surface area contributed by atoms with Crippen LogP contribution in [0, 0.1) is 17.0 Å². The topological polar surface area (TPSA) is 117 Å². The Kier molecular flexibility index (Phi) is 6.61. The molecule has 0 aliphatic carbocycles. The third-order valence-electron chi connectivity index (χ3n) is 4.17. The van der Waals surface area contributed by atoms with Crippen molar-refractivity contribution in [3.8, 4) is 0 Å². The Bertz CT molecular complexity index is 689. The van der Waals surface area contributed by atoms with Crippen LogP contribution < -0.4 is 10.6 Å². The van der Waals surface area contributed by atoms with Gasteiger partial charge >= 0.3 is 6.09 Å². The van der Waals surface area contributed by atoms with Gasteiger partial charge in [0.15, 0.2) is 0 Å². The molecule has 3 N–H and O–H groups in total. The Morgan fingerprint density at radius 3 is 2.78 bits per heavy atom. The van der Waals surface area contributed by atoms with Crippen molar-refractivity contribution in [2.45, 2.75) is 52.0 Å². The number of carbonyl (C=O) groups is 1. The number of nitrogens with one attached hydrogen (secondary N) is 2. The average Bonchev–Trinajstić information content (AvgIpc) is 2.93. The highest BCUT2D eigenvalue weighted by Crippen LogP contribution is 2.22. The number of nitrogens with zero attached hydrogens (tertiary/aromatic N) is 2. The van der Waals surface area contributed by atoms with Crippen molar-refractivity contribution < 1.29 is 19.6 Å². The van der Waals surface area contributed by atoms with Gasteiger partial charge in [-0.1, -0.05) is 0 Å². The molecular formula is C18H28N4O5. The molecule has 2 rings (SSSR count). The number of nitro benzene ring substituents is 1. The van der Waals surface area contributed by atoms with Crippen LogP contribution in [-0.4, -0.2) is 58.5 Å². The number of nitro groups is 1. The lowest BCUT2D eigenvalue weighted by Crippen LogP contribution is -2.42. The van der Waals surface area contributed by atoms with Crippen molar-refractivity contribution in [2.75, 3.05) is 25.0 Å². The summed E-state index contributed by atoms with van der Waals surface area (Å²) in [5.74, 6) is 0. The summed E-state index contributed by atoms with van der Waals surface area (Å²) in [5, 5.41) is 26.9. The second-order valence-electron chi connectivity index (χ2n) is 7.81. The minimum Gasteiger partial charge on any atom is -0.444 e. The van der Waals surface area contributed by atoms with Gasteiger partial charge in [0.05, 0.1) is 4.92 Å². The van der Waals surface area contributed by atoms with Crippen molar-refractivity contribution in [2.24, 2.45) is 0 Å². The molecule has 27 heavy (non-hydrogen) atoms. The number of alkyl carbamates (subject to hydrolysis) is 1. The average molecular weight is 380 g/mol. The third-order valence-corrected chi connectivity index (χ3v) is 4.17. The number of aryl methyl sites for hydroxylation is 1. The predicted molar refractivity (Wildman–Crippen MR) is 102 cm³/mol. The van der Waals surface area contributed by atoms with E-state index in [0.29, 0.717) is 24.3 Å². The molecule has 9 nitrogen and oxygen atoms in total. The van der Waals surface area contributed by atoms with Crippen LogP contribution in [0.3, 0.4) is 0 Å². The van der Waals surface area contributed by atoms with Gasteiger partial charge in [-0.25, -0.2) is 4.79 Å². The molecule has 0 aromatic heterocycles. The first-order valence-corrected chi connectivity index (χ1v) is 8.95. The van der Waals surface area contributed by atoms with Crippen LogP contribution in [0.15, 0.2) is 18.2 Å². The number of β-amino-alcohol motifs (C(OH)–C–C–N with tert-alkyl or cyclic N) is 1. The maximum Gasteiger partial charge on any atom is 0.407 e. The van der Waals surface area contributed by atoms with Crippen LogP contribution in [0.25, 0.3) is 0 Å². The standard InChI is InChI=1S/C18H28N4O5/c1-12-9-14(22(25)26)5-6-15(12)20-16(23)11-21-8-7-13(10-21)19-17(24)27-18(2,3)4/h5-6,9,13,16,20,23H,7-8,10-11H2,1-4H3,(H,19,24). The summed E-state index contributed by atoms with van der Waals surface area (Å²) in [7, 11) is 0. The van der Waals surface area contributed by atoms with Crippen LogP contribution in [0.1, 0.15) is 32.8 Å². The summed E-state index contributed by atoms with van der Waals surface area (Å²) in [6, 6.07) is 4.44. The zero-order chi connectivity index (χ0) is 20.2. The number of aliphatic hydroxyl groups is 1. The minimum atomic E-state index is -0.828. The number of anilines is 1. The molecule has 1 amide bonds. The molecular weight excluding hydrogens is 352 g/mol. The summed E-state index contributed by atoms with van der Waals surface area (Å²) in [6.45, 7) is 8.94. The SMILES string of the molecule is Cc1cc([N+](=O)[O-])ccc1NC(O)CN1CCC(NC(=O)OC(C)(C)C)C1. The number of ether oxygens (including phenoxy) is 1. The van der Waals surface area contributed by atoms with Crippen molar-refractivity contribution in [1.82, 2.24) is 10.2 Å². The van der Waals surface area contributed by atoms with Crippen molar-refractivity contribution in [3.63, 3.8) is 0 Å². The molecule has 1 aromatic carbocycles. The van der Waals surface area contributed by atoms with Gasteiger partial charge in [-0.2, -0.15) is 0 Å². The monoisotopic (exact) mass is 380 g/mol. The summed E-state index contributed by atoms with van der Waals surface area (Å²) < 4.78 is 5.26. The van der Waals surface area contributed by atoms with E-state index < -0.39 is 22.8 Å². The van der Waals surface area contributed by atoms with Crippen LogP contribution in [0.2, 0.25) is 0 Å². The van der Waals surface area contributed by atoms with Crippen LogP contribution in [-0.2, 0) is 4.74 Å². The zero-order valence-electron chi connectivity index (χ0n) is 16.2. The highest BCUT2D eigenvalue weighted by Gasteiger charge is 2.27. The first-order valence-electron chi connectivity index (χ1n) is 8.95. The second kappa shape index (κ2) is 8.53. The van der Waals surface area contributed by atoms with Gasteiger partial charge in [0.25, 0.3) is 5.69 Å². The van der Waals surface area contributed by atoms with Crippen molar-refractivity contribution >= 4 is 17.5 Å². The summed E-state index contributed by atoms with van der Waals surface area (Å²) >= 11 is 0. The molecule has 1 fully saturated rings. The Balaban J connectivity index is 1.81. The largest absolute Gasteiger partial charge is 0.444 e. The van der Waals surface area contributed by atoms with Crippen LogP contribution in [0.5, 0.6) is 0 Å². The highest BCUT2D eigenvalue weighted by atomic mass is 16.6. The molecule has 1 aromatic rings. The Morgan fingerprint density at radius 2 is 2.19 bits per heavy atom. The molecule has 0 saturated carbocycles. The fourth-order valence-corrected chi connectivity index (χ4v) is 2.98. The molecule has 0 bridgehead atoms. The number of rotatable bonds is 6. The van der Waals surface area contributed by atoms with E-state index in [4.69, 9.17) is 4.74 Å². The molecule has 1 heterocycles. The van der Waals surface area contributed by atoms with E-state index in [1.807, 2.05) is 25.7 Å². The fourth-order valence-electron chi connectivity index (χ4n) is 2.98. The van der Waals surface area contributed by atoms with Gasteiger partial charge in [0.2, 0.25) is 0 Å². The number of benzene rings is 1. The Hall–Kier alpha value is -2.39. The second-order valence-corrected chi connectivity index (χ2v) is 7.81. The van der Waals surface area contributed by atoms with E-state index in [1.54, 1.807) is 13.0 Å². The lowest BCUT2D eigenvalue weighted by Gasteiger charge is -2.23. The molecule has 1 aliphatic rings. The van der Waals surface area contributed by atoms with Gasteiger partial charge in [-0.3, -0.25) is 15.0 Å². The molecule has 150 valence electrons. The molecule has 1 saturated heterocycles. The van der Waals surface area contributed by atoms with E-state index in [-0.39, 0.29) is 11.7 Å². The number of aliphatic hydroxyl groups excluding tert-OH is 1. The molecule has 2 unspecified atom stereocenters. The first-order chi connectivity index (χ1) is 12.5. The van der Waals surface area contributed by atoms with Crippen molar-refractivity contribution in [3.05, 3.63) is 33.9 Å². The Morgan fingerprint density at radius 1 is 1.48 bits per heavy atom. The molecule has 1 aliphatic heterocycles. The van der Waals surface area contributed by atoms with Gasteiger partial charge in [-0.15, -0.1) is 0 Å². The lowest BCUT2D eigenvalue weighted by atomic mass is 10.2. The van der Waals surface area contributed by atoms with Crippen molar-refractivity contribution in [1.29, 1.82) is 0 Å². The number of non-ortho nitro benzene ring substituents is 1. The maximum atomic E-state index is 11.8. The first kappa shape index (κ1) is 20.9. The van der Waals surface area contributed by atoms with E-state index in [2.05, 4.69) is 10.6 Å². The Labute approximate surface area is 158 Å².